The van der Waals surface area contributed by atoms with Crippen LogP contribution < -0.4 is 10.1 Å². The molecule has 3 rings (SSSR count). The summed E-state index contributed by atoms with van der Waals surface area (Å²) in [7, 11) is 0. The third-order valence-corrected chi connectivity index (χ3v) is 4.61. The zero-order valence-corrected chi connectivity index (χ0v) is 14.1. The van der Waals surface area contributed by atoms with Crippen LogP contribution >= 0.6 is 11.6 Å². The molecule has 3 nitrogen and oxygen atoms in total. The quantitative estimate of drug-likeness (QED) is 0.843. The Labute approximate surface area is 141 Å². The molecule has 23 heavy (non-hydrogen) atoms. The minimum Gasteiger partial charge on any atom is -0.490 e. The van der Waals surface area contributed by atoms with Crippen LogP contribution in [0.4, 0.5) is 5.69 Å². The van der Waals surface area contributed by atoms with E-state index in [1.807, 2.05) is 38.1 Å². The van der Waals surface area contributed by atoms with Gasteiger partial charge >= 0.3 is 0 Å². The van der Waals surface area contributed by atoms with Crippen molar-refractivity contribution in [1.82, 2.24) is 0 Å². The van der Waals surface area contributed by atoms with Gasteiger partial charge in [-0.25, -0.2) is 0 Å². The first-order valence-corrected chi connectivity index (χ1v) is 8.25. The van der Waals surface area contributed by atoms with Gasteiger partial charge in [0, 0.05) is 21.8 Å². The molecule has 0 heterocycles. The molecule has 1 aliphatic rings. The van der Waals surface area contributed by atoms with Gasteiger partial charge in [-0.15, -0.1) is 0 Å². The molecule has 0 radical (unpaired) electrons. The predicted molar refractivity (Wildman–Crippen MR) is 93.6 cm³/mol. The van der Waals surface area contributed by atoms with Gasteiger partial charge in [-0.05, 0) is 57.4 Å². The Hall–Kier alpha value is -2.00. The lowest BCUT2D eigenvalue weighted by Crippen LogP contribution is -2.25. The fraction of sp³-hybridized carbons (Fsp3) is 0.316. The lowest BCUT2D eigenvalue weighted by atomic mass is 9.96. The van der Waals surface area contributed by atoms with Crippen LogP contribution in [0.25, 0.3) is 0 Å². The highest BCUT2D eigenvalue weighted by Gasteiger charge is 2.21. The number of carbonyl (C=O) groups excluding carboxylic acids is 1. The molecular formula is C19H20ClNO2. The number of halogens is 1. The van der Waals surface area contributed by atoms with Crippen LogP contribution in [0.15, 0.2) is 36.4 Å². The van der Waals surface area contributed by atoms with Crippen molar-refractivity contribution in [3.63, 3.8) is 0 Å². The molecule has 0 atom stereocenters. The molecule has 0 aliphatic heterocycles. The lowest BCUT2D eigenvalue weighted by molar-refractivity contribution is 0.102. The first-order valence-electron chi connectivity index (χ1n) is 7.88. The molecule has 4 heteroatoms. The van der Waals surface area contributed by atoms with Gasteiger partial charge in [0.05, 0.1) is 6.10 Å². The Morgan fingerprint density at radius 3 is 2.48 bits per heavy atom. The van der Waals surface area contributed by atoms with Crippen molar-refractivity contribution in [3.05, 3.63) is 58.1 Å². The fourth-order valence-corrected chi connectivity index (χ4v) is 2.63. The van der Waals surface area contributed by atoms with Gasteiger partial charge in [-0.1, -0.05) is 29.3 Å². The van der Waals surface area contributed by atoms with Crippen molar-refractivity contribution in [2.75, 3.05) is 5.32 Å². The molecule has 0 unspecified atom stereocenters. The number of nitrogens with one attached hydrogen (secondary N) is 1. The van der Waals surface area contributed by atoms with Crippen molar-refractivity contribution in [1.29, 1.82) is 0 Å². The molecule has 1 N–H and O–H groups in total. The highest BCUT2D eigenvalue weighted by atomic mass is 35.5. The normalized spacial score (nSPS) is 14.2. The van der Waals surface area contributed by atoms with E-state index in [1.54, 1.807) is 12.1 Å². The lowest BCUT2D eigenvalue weighted by Gasteiger charge is -2.27. The topological polar surface area (TPSA) is 38.3 Å². The van der Waals surface area contributed by atoms with E-state index in [4.69, 9.17) is 16.3 Å². The van der Waals surface area contributed by atoms with E-state index >= 15 is 0 Å². The van der Waals surface area contributed by atoms with Crippen LogP contribution in [-0.2, 0) is 0 Å². The number of amides is 1. The second-order valence-electron chi connectivity index (χ2n) is 6.07. The van der Waals surface area contributed by atoms with Crippen LogP contribution in [0.3, 0.4) is 0 Å². The molecule has 0 spiro atoms. The summed E-state index contributed by atoms with van der Waals surface area (Å²) in [4.78, 5) is 12.5. The van der Waals surface area contributed by atoms with Crippen LogP contribution in [0.2, 0.25) is 5.02 Å². The standard InChI is InChI=1S/C19H20ClNO2/c1-12-6-8-15(9-7-12)21-19(22)14-10-17(20)13(2)18(11-14)23-16-4-3-5-16/h6-11,16H,3-5H2,1-2H3,(H,21,22). The number of aryl methyl sites for hydroxylation is 1. The highest BCUT2D eigenvalue weighted by molar-refractivity contribution is 6.32. The monoisotopic (exact) mass is 329 g/mol. The van der Waals surface area contributed by atoms with Crippen molar-refractivity contribution in [2.24, 2.45) is 0 Å². The molecule has 2 aromatic rings. The van der Waals surface area contributed by atoms with Crippen molar-refractivity contribution in [2.45, 2.75) is 39.2 Å². The van der Waals surface area contributed by atoms with Crippen molar-refractivity contribution < 1.29 is 9.53 Å². The Balaban J connectivity index is 1.80. The number of hydrogen-bond donors (Lipinski definition) is 1. The van der Waals surface area contributed by atoms with E-state index in [-0.39, 0.29) is 12.0 Å². The van der Waals surface area contributed by atoms with E-state index in [9.17, 15) is 4.79 Å². The maximum Gasteiger partial charge on any atom is 0.255 e. The fourth-order valence-electron chi connectivity index (χ4n) is 2.42. The van der Waals surface area contributed by atoms with Gasteiger partial charge in [-0.3, -0.25) is 4.79 Å². The summed E-state index contributed by atoms with van der Waals surface area (Å²) in [5.74, 6) is 0.519. The maximum absolute atomic E-state index is 12.5. The highest BCUT2D eigenvalue weighted by Crippen LogP contribution is 2.32. The van der Waals surface area contributed by atoms with Crippen LogP contribution in [0, 0.1) is 13.8 Å². The van der Waals surface area contributed by atoms with E-state index < -0.39 is 0 Å². The summed E-state index contributed by atoms with van der Waals surface area (Å²) in [6, 6.07) is 11.2. The molecular weight excluding hydrogens is 310 g/mol. The Morgan fingerprint density at radius 1 is 1.17 bits per heavy atom. The number of rotatable bonds is 4. The van der Waals surface area contributed by atoms with E-state index in [1.165, 1.54) is 6.42 Å². The third kappa shape index (κ3) is 3.67. The summed E-state index contributed by atoms with van der Waals surface area (Å²) in [5, 5.41) is 3.44. The maximum atomic E-state index is 12.5. The average Bonchev–Trinajstić information content (AvgIpc) is 2.49. The Morgan fingerprint density at radius 2 is 1.87 bits per heavy atom. The van der Waals surface area contributed by atoms with E-state index in [2.05, 4.69) is 5.32 Å². The molecule has 1 amide bonds. The van der Waals surface area contributed by atoms with Gasteiger partial charge in [0.15, 0.2) is 0 Å². The SMILES string of the molecule is Cc1ccc(NC(=O)c2cc(Cl)c(C)c(OC3CCC3)c2)cc1. The number of ether oxygens (including phenoxy) is 1. The second-order valence-corrected chi connectivity index (χ2v) is 6.48. The third-order valence-electron chi connectivity index (χ3n) is 4.21. The van der Waals surface area contributed by atoms with Crippen LogP contribution in [0.1, 0.15) is 40.7 Å². The number of hydrogen-bond acceptors (Lipinski definition) is 2. The molecule has 0 bridgehead atoms. The summed E-state index contributed by atoms with van der Waals surface area (Å²) >= 11 is 6.27. The smallest absolute Gasteiger partial charge is 0.255 e. The average molecular weight is 330 g/mol. The molecule has 0 saturated heterocycles. The Kier molecular flexibility index (Phi) is 4.58. The summed E-state index contributed by atoms with van der Waals surface area (Å²) in [6.45, 7) is 3.92. The first kappa shape index (κ1) is 15.9. The minimum absolute atomic E-state index is 0.186. The van der Waals surface area contributed by atoms with E-state index in [0.717, 1.165) is 29.7 Å². The number of benzene rings is 2. The van der Waals surface area contributed by atoms with Gasteiger partial charge in [0.25, 0.3) is 5.91 Å². The molecule has 1 saturated carbocycles. The predicted octanol–water partition coefficient (Wildman–Crippen LogP) is 5.14. The Bertz CT molecular complexity index is 721. The molecule has 1 fully saturated rings. The largest absolute Gasteiger partial charge is 0.490 e. The molecule has 120 valence electrons. The first-order chi connectivity index (χ1) is 11.0. The van der Waals surface area contributed by atoms with Gasteiger partial charge in [0.2, 0.25) is 0 Å². The molecule has 2 aromatic carbocycles. The van der Waals surface area contributed by atoms with Crippen LogP contribution in [-0.4, -0.2) is 12.0 Å². The minimum atomic E-state index is -0.186. The van der Waals surface area contributed by atoms with Crippen molar-refractivity contribution >= 4 is 23.2 Å². The van der Waals surface area contributed by atoms with Gasteiger partial charge < -0.3 is 10.1 Å². The molecule has 0 aromatic heterocycles. The van der Waals surface area contributed by atoms with Gasteiger partial charge in [-0.2, -0.15) is 0 Å². The number of carbonyl (C=O) groups is 1. The zero-order chi connectivity index (χ0) is 16.4. The summed E-state index contributed by atoms with van der Waals surface area (Å²) in [5.41, 5.74) is 3.30. The summed E-state index contributed by atoms with van der Waals surface area (Å²) in [6.07, 6.45) is 3.58. The van der Waals surface area contributed by atoms with E-state index in [0.29, 0.717) is 16.3 Å². The van der Waals surface area contributed by atoms with Gasteiger partial charge in [0.1, 0.15) is 5.75 Å². The van der Waals surface area contributed by atoms with Crippen molar-refractivity contribution in [3.8, 4) is 5.75 Å². The number of anilines is 1. The zero-order valence-electron chi connectivity index (χ0n) is 13.4. The second kappa shape index (κ2) is 6.63. The summed E-state index contributed by atoms with van der Waals surface area (Å²) < 4.78 is 5.95. The molecule has 1 aliphatic carbocycles. The van der Waals surface area contributed by atoms with Crippen LogP contribution in [0.5, 0.6) is 5.75 Å².